The van der Waals surface area contributed by atoms with Crippen molar-refractivity contribution >= 4 is 21.5 Å². The normalized spacial score (nSPS) is 11.3. The minimum atomic E-state index is 0.577. The van der Waals surface area contributed by atoms with Crippen LogP contribution in [0.5, 0.6) is 0 Å². The van der Waals surface area contributed by atoms with Gasteiger partial charge in [0.25, 0.3) is 0 Å². The van der Waals surface area contributed by atoms with Crippen LogP contribution in [0.2, 0.25) is 0 Å². The highest BCUT2D eigenvalue weighted by molar-refractivity contribution is 6.06. The molecule has 0 atom stereocenters. The summed E-state index contributed by atoms with van der Waals surface area (Å²) in [6.45, 7) is 0. The van der Waals surface area contributed by atoms with Gasteiger partial charge in [-0.15, -0.1) is 0 Å². The van der Waals surface area contributed by atoms with Crippen LogP contribution in [0.1, 0.15) is 0 Å². The Kier molecular flexibility index (Phi) is 14.4. The third kappa shape index (κ3) is 10.9. The molecule has 0 amide bonds. The third-order valence-electron chi connectivity index (χ3n) is 16.8. The van der Waals surface area contributed by atoms with Gasteiger partial charge in [0.15, 0.2) is 34.9 Å². The molecule has 0 saturated heterocycles. The molecule has 0 aliphatic heterocycles. The lowest BCUT2D eigenvalue weighted by Gasteiger charge is -2.16. The molecule has 10 nitrogen and oxygen atoms in total. The number of aromatic nitrogens is 10. The smallest absolute Gasteiger partial charge is 0.164 e. The maximum atomic E-state index is 5.25. The van der Waals surface area contributed by atoms with Gasteiger partial charge in [-0.05, 0) is 101 Å². The second-order valence-electron chi connectivity index (χ2n) is 22.5. The summed E-state index contributed by atoms with van der Waals surface area (Å²) < 4.78 is 0. The molecular weight excluding hydrogens is 1120 g/mol. The molecule has 0 N–H and O–H groups in total. The molecule has 0 bridgehead atoms. The van der Waals surface area contributed by atoms with Crippen LogP contribution in [0.4, 0.5) is 0 Å². The van der Waals surface area contributed by atoms with Crippen molar-refractivity contribution in [3.8, 4) is 146 Å². The number of hydrogen-bond donors (Lipinski definition) is 0. The predicted molar refractivity (Wildman–Crippen MR) is 370 cm³/mol. The SMILES string of the molecule is c1ccc(-c2nc(-c3ccccc3)nc(-c3ccc(-c4c(-c5ccc(-c6ccncn6)cc5)ccc5cc(-c6cccc(-c7nc(-c8ccccc8)nc(-c8ccc(-c9c(-c%10ccc(-c%11cncnc%11)cc%10)ccc%10ccccc9%10)cc8)n7)c6)ccc45)cc3)n2)cc1. The van der Waals surface area contributed by atoms with Crippen molar-refractivity contribution in [1.82, 2.24) is 49.8 Å². The zero-order valence-electron chi connectivity index (χ0n) is 49.5. The molecule has 0 fully saturated rings. The summed E-state index contributed by atoms with van der Waals surface area (Å²) in [4.78, 5) is 47.7. The van der Waals surface area contributed by atoms with E-state index in [0.717, 1.165) is 122 Å². The van der Waals surface area contributed by atoms with E-state index in [0.29, 0.717) is 34.9 Å². The molecule has 430 valence electrons. The van der Waals surface area contributed by atoms with Crippen LogP contribution in [0, 0.1) is 0 Å². The molecule has 0 aliphatic carbocycles. The van der Waals surface area contributed by atoms with Crippen molar-refractivity contribution in [2.75, 3.05) is 0 Å². The quantitative estimate of drug-likeness (QED) is 0.110. The van der Waals surface area contributed by atoms with Gasteiger partial charge in [0.05, 0.1) is 5.69 Å². The topological polar surface area (TPSA) is 129 Å². The molecule has 0 saturated carbocycles. The minimum absolute atomic E-state index is 0.577. The minimum Gasteiger partial charge on any atom is -0.245 e. The molecule has 0 aliphatic rings. The Morgan fingerprint density at radius 1 is 0.207 bits per heavy atom. The van der Waals surface area contributed by atoms with Gasteiger partial charge in [-0.2, -0.15) is 0 Å². The first-order valence-electron chi connectivity index (χ1n) is 30.4. The number of rotatable bonds is 13. The summed E-state index contributed by atoms with van der Waals surface area (Å²) in [5.74, 6) is 3.58. The fourth-order valence-electron chi connectivity index (χ4n) is 12.2. The van der Waals surface area contributed by atoms with E-state index < -0.39 is 0 Å². The van der Waals surface area contributed by atoms with E-state index in [4.69, 9.17) is 29.9 Å². The standard InChI is InChI=1S/C82H52N10/c1-4-14-60(15-5-1)77-87-78(61-16-6-2-7-17-61)89-80(88-77)63-37-33-59(34-38-63)76-72(56-27-29-57(30-28-56)74-45-46-83-52-86-74)44-41-67-47-66(40-43-73(67)76)65-20-12-21-68(48-65)82-91-79(62-18-8-3-9-19-62)90-81(92-82)64-35-31-58(32-36-64)75-70-22-11-10-13-54(70)39-42-71(75)55-25-23-53(24-26-55)69-49-84-51-85-50-69/h1-52H. The lowest BCUT2D eigenvalue weighted by Crippen LogP contribution is -2.00. The predicted octanol–water partition coefficient (Wildman–Crippen LogP) is 19.6. The molecule has 0 unspecified atom stereocenters. The lowest BCUT2D eigenvalue weighted by molar-refractivity contribution is 1.07. The Balaban J connectivity index is 0.759. The molecule has 16 aromatic rings. The van der Waals surface area contributed by atoms with Crippen LogP contribution < -0.4 is 0 Å². The molecule has 10 heteroatoms. The second kappa shape index (κ2) is 24.1. The third-order valence-corrected chi connectivity index (χ3v) is 16.8. The highest BCUT2D eigenvalue weighted by Crippen LogP contribution is 2.43. The molecule has 12 aromatic carbocycles. The van der Waals surface area contributed by atoms with E-state index in [1.807, 2.05) is 109 Å². The van der Waals surface area contributed by atoms with E-state index >= 15 is 0 Å². The highest BCUT2D eigenvalue weighted by Gasteiger charge is 2.20. The summed E-state index contributed by atoms with van der Waals surface area (Å²) >= 11 is 0. The largest absolute Gasteiger partial charge is 0.245 e. The summed E-state index contributed by atoms with van der Waals surface area (Å²) in [7, 11) is 0. The Labute approximate surface area is 531 Å². The molecule has 0 spiro atoms. The average molecular weight is 1180 g/mol. The van der Waals surface area contributed by atoms with Gasteiger partial charge in [-0.25, -0.2) is 49.8 Å². The highest BCUT2D eigenvalue weighted by atomic mass is 15.0. The lowest BCUT2D eigenvalue weighted by atomic mass is 9.88. The number of fused-ring (bicyclic) bond motifs is 2. The number of hydrogen-bond acceptors (Lipinski definition) is 10. The first kappa shape index (κ1) is 54.7. The Morgan fingerprint density at radius 2 is 0.598 bits per heavy atom. The summed E-state index contributed by atoms with van der Waals surface area (Å²) in [6, 6.07) is 99.3. The second-order valence-corrected chi connectivity index (χ2v) is 22.5. The molecule has 4 heterocycles. The van der Waals surface area contributed by atoms with Gasteiger partial charge >= 0.3 is 0 Å². The molecule has 4 aromatic heterocycles. The van der Waals surface area contributed by atoms with Crippen LogP contribution >= 0.6 is 0 Å². The van der Waals surface area contributed by atoms with Gasteiger partial charge in [0.1, 0.15) is 12.7 Å². The maximum Gasteiger partial charge on any atom is 0.164 e. The first-order chi connectivity index (χ1) is 45.6. The molecule has 92 heavy (non-hydrogen) atoms. The van der Waals surface area contributed by atoms with Crippen molar-refractivity contribution in [2.45, 2.75) is 0 Å². The van der Waals surface area contributed by atoms with Crippen LogP contribution in [-0.2, 0) is 0 Å². The van der Waals surface area contributed by atoms with E-state index in [-0.39, 0.29) is 0 Å². The Morgan fingerprint density at radius 3 is 1.12 bits per heavy atom. The number of benzene rings is 12. The Bertz CT molecular complexity index is 5270. The number of nitrogens with zero attached hydrogens (tertiary/aromatic N) is 10. The van der Waals surface area contributed by atoms with E-state index in [1.54, 1.807) is 18.9 Å². The Hall–Kier alpha value is -12.7. The van der Waals surface area contributed by atoms with Crippen molar-refractivity contribution < 1.29 is 0 Å². The van der Waals surface area contributed by atoms with Gasteiger partial charge in [-0.1, -0.05) is 267 Å². The monoisotopic (exact) mass is 1180 g/mol. The fourth-order valence-corrected chi connectivity index (χ4v) is 12.2. The zero-order chi connectivity index (χ0) is 61.2. The van der Waals surface area contributed by atoms with Crippen LogP contribution in [-0.4, -0.2) is 49.8 Å². The van der Waals surface area contributed by atoms with Crippen molar-refractivity contribution in [2.24, 2.45) is 0 Å². The van der Waals surface area contributed by atoms with E-state index in [9.17, 15) is 0 Å². The molecular formula is C82H52N10. The summed E-state index contributed by atoms with van der Waals surface area (Å²) in [5.41, 5.74) is 20.2. The first-order valence-corrected chi connectivity index (χ1v) is 30.4. The van der Waals surface area contributed by atoms with Crippen molar-refractivity contribution in [3.05, 3.63) is 316 Å². The van der Waals surface area contributed by atoms with Crippen molar-refractivity contribution in [1.29, 1.82) is 0 Å². The van der Waals surface area contributed by atoms with Crippen LogP contribution in [0.25, 0.3) is 168 Å². The average Bonchev–Trinajstić information content (AvgIpc) is 0.856. The fraction of sp³-hybridized carbons (Fsp3) is 0. The van der Waals surface area contributed by atoms with E-state index in [2.05, 4.69) is 208 Å². The summed E-state index contributed by atoms with van der Waals surface area (Å²) in [6.07, 6.45) is 8.59. The maximum absolute atomic E-state index is 5.25. The van der Waals surface area contributed by atoms with E-state index in [1.165, 1.54) is 10.8 Å². The van der Waals surface area contributed by atoms with Crippen LogP contribution in [0.15, 0.2) is 316 Å². The van der Waals surface area contributed by atoms with Gasteiger partial charge in [-0.3, -0.25) is 0 Å². The zero-order valence-corrected chi connectivity index (χ0v) is 49.5. The van der Waals surface area contributed by atoms with Gasteiger partial charge in [0, 0.05) is 63.1 Å². The van der Waals surface area contributed by atoms with Crippen molar-refractivity contribution in [3.63, 3.8) is 0 Å². The van der Waals surface area contributed by atoms with Gasteiger partial charge < -0.3 is 0 Å². The molecule has 0 radical (unpaired) electrons. The molecule has 16 rings (SSSR count). The van der Waals surface area contributed by atoms with Gasteiger partial charge in [0.2, 0.25) is 0 Å². The van der Waals surface area contributed by atoms with Crippen LogP contribution in [0.3, 0.4) is 0 Å². The summed E-state index contributed by atoms with van der Waals surface area (Å²) in [5, 5.41) is 4.54.